The Hall–Kier alpha value is -1.14. The van der Waals surface area contributed by atoms with Gasteiger partial charge in [0.15, 0.2) is 0 Å². The van der Waals surface area contributed by atoms with Gasteiger partial charge in [0, 0.05) is 6.04 Å². The first-order valence-electron chi connectivity index (χ1n) is 6.45. The molecular weight excluding hydrogens is 274 g/mol. The summed E-state index contributed by atoms with van der Waals surface area (Å²) in [5.41, 5.74) is 6.86. The zero-order chi connectivity index (χ0) is 15.0. The van der Waals surface area contributed by atoms with Crippen LogP contribution in [0.2, 0.25) is 0 Å². The van der Waals surface area contributed by atoms with Crippen LogP contribution in [-0.4, -0.2) is 31.6 Å². The molecule has 0 aliphatic rings. The van der Waals surface area contributed by atoms with Crippen molar-refractivity contribution in [2.24, 2.45) is 5.73 Å². The average molecular weight is 293 g/mol. The molecule has 0 aliphatic heterocycles. The Morgan fingerprint density at radius 1 is 1.15 bits per heavy atom. The van der Waals surface area contributed by atoms with E-state index in [1.165, 1.54) is 5.56 Å². The van der Waals surface area contributed by atoms with Crippen molar-refractivity contribution in [2.45, 2.75) is 37.7 Å². The second kappa shape index (κ2) is 8.21. The number of hydrogen-bond donors (Lipinski definition) is 1. The van der Waals surface area contributed by atoms with Gasteiger partial charge >= 0.3 is 12.3 Å². The summed E-state index contributed by atoms with van der Waals surface area (Å²) in [5, 5.41) is 0. The highest BCUT2D eigenvalue weighted by Crippen LogP contribution is 2.22. The summed E-state index contributed by atoms with van der Waals surface area (Å²) in [7, 11) is 0. The smallest absolute Gasteiger partial charge is 0.330 e. The molecule has 1 aromatic carbocycles. The Balaban J connectivity index is 2.13. The minimum absolute atomic E-state index is 0.142. The number of halogens is 4. The summed E-state index contributed by atoms with van der Waals surface area (Å²) in [6, 6.07) is 9.35. The Morgan fingerprint density at radius 3 is 2.40 bits per heavy atom. The van der Waals surface area contributed by atoms with E-state index in [4.69, 9.17) is 5.73 Å². The van der Waals surface area contributed by atoms with Gasteiger partial charge in [-0.15, -0.1) is 0 Å². The van der Waals surface area contributed by atoms with Crippen molar-refractivity contribution in [1.82, 2.24) is 0 Å². The molecule has 0 aromatic heterocycles. The molecular formula is C14H19F4NO. The number of alkyl halides is 4. The minimum Gasteiger partial charge on any atom is -0.373 e. The molecule has 2 nitrogen and oxygen atoms in total. The van der Waals surface area contributed by atoms with Crippen LogP contribution in [0.4, 0.5) is 17.6 Å². The van der Waals surface area contributed by atoms with E-state index in [0.717, 1.165) is 12.8 Å². The van der Waals surface area contributed by atoms with Gasteiger partial charge in [-0.25, -0.2) is 8.78 Å². The Morgan fingerprint density at radius 2 is 1.80 bits per heavy atom. The SMILES string of the molecule is NC(CCCc1ccccc1)COCC(F)(F)C(F)F. The summed E-state index contributed by atoms with van der Waals surface area (Å²) in [4.78, 5) is 0. The Labute approximate surface area is 115 Å². The van der Waals surface area contributed by atoms with Crippen molar-refractivity contribution >= 4 is 0 Å². The van der Waals surface area contributed by atoms with Crippen LogP contribution in [0.1, 0.15) is 18.4 Å². The van der Waals surface area contributed by atoms with E-state index in [9.17, 15) is 17.6 Å². The van der Waals surface area contributed by atoms with Gasteiger partial charge in [-0.1, -0.05) is 30.3 Å². The molecule has 1 aromatic rings. The van der Waals surface area contributed by atoms with Crippen LogP contribution in [0.5, 0.6) is 0 Å². The van der Waals surface area contributed by atoms with Gasteiger partial charge in [-0.2, -0.15) is 8.78 Å². The highest BCUT2D eigenvalue weighted by Gasteiger charge is 2.40. The molecule has 114 valence electrons. The van der Waals surface area contributed by atoms with E-state index in [2.05, 4.69) is 4.74 Å². The number of aryl methyl sites for hydroxylation is 1. The van der Waals surface area contributed by atoms with Crippen LogP contribution in [0.3, 0.4) is 0 Å². The fourth-order valence-corrected chi connectivity index (χ4v) is 1.71. The van der Waals surface area contributed by atoms with Crippen LogP contribution in [-0.2, 0) is 11.2 Å². The molecule has 2 N–H and O–H groups in total. The molecule has 0 bridgehead atoms. The van der Waals surface area contributed by atoms with E-state index < -0.39 is 25.0 Å². The summed E-state index contributed by atoms with van der Waals surface area (Å²) in [5.74, 6) is -4.11. The van der Waals surface area contributed by atoms with Crippen LogP contribution in [0.15, 0.2) is 30.3 Å². The Bertz CT molecular complexity index is 373. The molecule has 1 atom stereocenters. The molecule has 0 fully saturated rings. The lowest BCUT2D eigenvalue weighted by Crippen LogP contribution is -2.35. The molecule has 20 heavy (non-hydrogen) atoms. The van der Waals surface area contributed by atoms with Crippen LogP contribution >= 0.6 is 0 Å². The van der Waals surface area contributed by atoms with Crippen molar-refractivity contribution < 1.29 is 22.3 Å². The molecule has 0 aliphatic carbocycles. The standard InChI is InChI=1S/C14H19F4NO/c15-13(16)14(17,18)10-20-9-12(19)8-4-7-11-5-2-1-3-6-11/h1-3,5-6,12-13H,4,7-10,19H2. The molecule has 1 unspecified atom stereocenters. The molecule has 0 saturated carbocycles. The molecule has 1 rings (SSSR count). The predicted octanol–water partition coefficient (Wildman–Crippen LogP) is 3.25. The van der Waals surface area contributed by atoms with Crippen LogP contribution in [0.25, 0.3) is 0 Å². The van der Waals surface area contributed by atoms with E-state index in [-0.39, 0.29) is 6.61 Å². The lowest BCUT2D eigenvalue weighted by molar-refractivity contribution is -0.166. The van der Waals surface area contributed by atoms with Crippen LogP contribution < -0.4 is 5.73 Å². The third-order valence-electron chi connectivity index (χ3n) is 2.83. The average Bonchev–Trinajstić information content (AvgIpc) is 2.39. The normalized spacial score (nSPS) is 13.7. The van der Waals surface area contributed by atoms with E-state index in [0.29, 0.717) is 6.42 Å². The fraction of sp³-hybridized carbons (Fsp3) is 0.571. The predicted molar refractivity (Wildman–Crippen MR) is 69.1 cm³/mol. The van der Waals surface area contributed by atoms with Gasteiger partial charge in [0.25, 0.3) is 0 Å². The van der Waals surface area contributed by atoms with E-state index >= 15 is 0 Å². The van der Waals surface area contributed by atoms with E-state index in [1.54, 1.807) is 0 Å². The van der Waals surface area contributed by atoms with Gasteiger partial charge in [0.05, 0.1) is 6.61 Å². The maximum Gasteiger partial charge on any atom is 0.330 e. The monoisotopic (exact) mass is 293 g/mol. The van der Waals surface area contributed by atoms with E-state index in [1.807, 2.05) is 30.3 Å². The largest absolute Gasteiger partial charge is 0.373 e. The third-order valence-corrected chi connectivity index (χ3v) is 2.83. The number of benzene rings is 1. The van der Waals surface area contributed by atoms with Gasteiger partial charge in [0.1, 0.15) is 6.61 Å². The van der Waals surface area contributed by atoms with Gasteiger partial charge in [0.2, 0.25) is 0 Å². The summed E-state index contributed by atoms with van der Waals surface area (Å²) < 4.78 is 53.4. The topological polar surface area (TPSA) is 35.2 Å². The molecule has 0 amide bonds. The summed E-state index contributed by atoms with van der Waals surface area (Å²) in [6.45, 7) is -1.44. The van der Waals surface area contributed by atoms with Crippen molar-refractivity contribution in [3.05, 3.63) is 35.9 Å². The van der Waals surface area contributed by atoms with Crippen molar-refractivity contribution in [3.8, 4) is 0 Å². The third kappa shape index (κ3) is 6.34. The molecule has 6 heteroatoms. The second-order valence-electron chi connectivity index (χ2n) is 4.71. The lowest BCUT2D eigenvalue weighted by Gasteiger charge is -2.17. The van der Waals surface area contributed by atoms with Gasteiger partial charge < -0.3 is 10.5 Å². The summed E-state index contributed by atoms with van der Waals surface area (Å²) >= 11 is 0. The number of rotatable bonds is 9. The highest BCUT2D eigenvalue weighted by molar-refractivity contribution is 5.14. The first-order chi connectivity index (χ1) is 9.42. The number of hydrogen-bond acceptors (Lipinski definition) is 2. The zero-order valence-electron chi connectivity index (χ0n) is 11.1. The van der Waals surface area contributed by atoms with Crippen molar-refractivity contribution in [2.75, 3.05) is 13.2 Å². The molecule has 0 spiro atoms. The maximum absolute atomic E-state index is 12.6. The molecule has 0 heterocycles. The number of nitrogens with two attached hydrogens (primary N) is 1. The van der Waals surface area contributed by atoms with Crippen molar-refractivity contribution in [3.63, 3.8) is 0 Å². The van der Waals surface area contributed by atoms with Gasteiger partial charge in [-0.05, 0) is 24.8 Å². The Kier molecular flexibility index (Phi) is 6.95. The fourth-order valence-electron chi connectivity index (χ4n) is 1.71. The minimum atomic E-state index is -4.11. The maximum atomic E-state index is 12.6. The molecule has 0 saturated heterocycles. The highest BCUT2D eigenvalue weighted by atomic mass is 19.3. The molecule has 0 radical (unpaired) electrons. The first-order valence-corrected chi connectivity index (χ1v) is 6.45. The van der Waals surface area contributed by atoms with Crippen LogP contribution in [0, 0.1) is 0 Å². The first kappa shape index (κ1) is 16.9. The summed E-state index contributed by atoms with van der Waals surface area (Å²) in [6.07, 6.45) is -1.49. The van der Waals surface area contributed by atoms with Crippen molar-refractivity contribution in [1.29, 1.82) is 0 Å². The quantitative estimate of drug-likeness (QED) is 0.709. The zero-order valence-corrected chi connectivity index (χ0v) is 11.1. The lowest BCUT2D eigenvalue weighted by atomic mass is 10.1. The second-order valence-corrected chi connectivity index (χ2v) is 4.71. The van der Waals surface area contributed by atoms with Gasteiger partial charge in [-0.3, -0.25) is 0 Å². The number of ether oxygens (including phenoxy) is 1.